The molecule has 116 valence electrons. The summed E-state index contributed by atoms with van der Waals surface area (Å²) in [7, 11) is -0.508. The molecule has 0 unspecified atom stereocenters. The summed E-state index contributed by atoms with van der Waals surface area (Å²) in [6, 6.07) is 5.49. The standard InChI is InChI=1S/C13H18FN3O3S/c1-15(2)21(19,20)17-8-6-16(7-9-17)13(18)11-4-3-5-12(14)10-11/h3-5,10H,6-9H2,1-2H3. The Bertz CT molecular complexity index is 625. The fourth-order valence-electron chi connectivity index (χ4n) is 2.16. The summed E-state index contributed by atoms with van der Waals surface area (Å²) in [6.45, 7) is 1.06. The number of hydrogen-bond acceptors (Lipinski definition) is 3. The lowest BCUT2D eigenvalue weighted by atomic mass is 10.2. The van der Waals surface area contributed by atoms with Gasteiger partial charge in [0, 0.05) is 45.8 Å². The maximum absolute atomic E-state index is 13.1. The molecule has 1 fully saturated rings. The molecule has 0 atom stereocenters. The molecule has 0 aromatic heterocycles. The number of rotatable bonds is 3. The smallest absolute Gasteiger partial charge is 0.281 e. The van der Waals surface area contributed by atoms with Crippen LogP contribution in [0.15, 0.2) is 24.3 Å². The van der Waals surface area contributed by atoms with Crippen molar-refractivity contribution in [3.63, 3.8) is 0 Å². The van der Waals surface area contributed by atoms with Crippen molar-refractivity contribution in [3.8, 4) is 0 Å². The molecule has 1 aliphatic rings. The van der Waals surface area contributed by atoms with Crippen LogP contribution in [0.3, 0.4) is 0 Å². The van der Waals surface area contributed by atoms with Crippen LogP contribution in [0.4, 0.5) is 4.39 Å². The highest BCUT2D eigenvalue weighted by Crippen LogP contribution is 2.13. The third-order valence-corrected chi connectivity index (χ3v) is 5.33. The van der Waals surface area contributed by atoms with Gasteiger partial charge in [-0.25, -0.2) is 4.39 Å². The van der Waals surface area contributed by atoms with Crippen molar-refractivity contribution in [2.24, 2.45) is 0 Å². The molecule has 1 heterocycles. The minimum atomic E-state index is -3.45. The molecule has 1 aliphatic heterocycles. The van der Waals surface area contributed by atoms with E-state index in [1.54, 1.807) is 6.07 Å². The van der Waals surface area contributed by atoms with E-state index in [2.05, 4.69) is 0 Å². The van der Waals surface area contributed by atoms with Gasteiger partial charge in [-0.1, -0.05) is 6.07 Å². The van der Waals surface area contributed by atoms with Crippen LogP contribution in [0, 0.1) is 5.82 Å². The number of carbonyl (C=O) groups excluding carboxylic acids is 1. The number of benzene rings is 1. The Hall–Kier alpha value is -1.51. The zero-order valence-electron chi connectivity index (χ0n) is 12.0. The maximum Gasteiger partial charge on any atom is 0.281 e. The predicted molar refractivity (Wildman–Crippen MR) is 76.5 cm³/mol. The van der Waals surface area contributed by atoms with E-state index in [-0.39, 0.29) is 24.6 Å². The third kappa shape index (κ3) is 3.39. The summed E-state index contributed by atoms with van der Waals surface area (Å²) >= 11 is 0. The monoisotopic (exact) mass is 315 g/mol. The summed E-state index contributed by atoms with van der Waals surface area (Å²) in [4.78, 5) is 13.8. The van der Waals surface area contributed by atoms with Gasteiger partial charge in [0.1, 0.15) is 5.82 Å². The van der Waals surface area contributed by atoms with Crippen LogP contribution < -0.4 is 0 Å². The molecule has 8 heteroatoms. The number of nitrogens with zero attached hydrogens (tertiary/aromatic N) is 3. The van der Waals surface area contributed by atoms with E-state index in [4.69, 9.17) is 0 Å². The van der Waals surface area contributed by atoms with Crippen molar-refractivity contribution in [1.82, 2.24) is 13.5 Å². The zero-order valence-corrected chi connectivity index (χ0v) is 12.8. The third-order valence-electron chi connectivity index (χ3n) is 3.39. The molecular formula is C13H18FN3O3S. The minimum Gasteiger partial charge on any atom is -0.336 e. The van der Waals surface area contributed by atoms with Crippen molar-refractivity contribution in [2.45, 2.75) is 0 Å². The van der Waals surface area contributed by atoms with Crippen molar-refractivity contribution in [3.05, 3.63) is 35.6 Å². The van der Waals surface area contributed by atoms with Crippen molar-refractivity contribution in [1.29, 1.82) is 0 Å². The topological polar surface area (TPSA) is 60.9 Å². The Morgan fingerprint density at radius 3 is 2.33 bits per heavy atom. The van der Waals surface area contributed by atoms with Crippen LogP contribution in [0.5, 0.6) is 0 Å². The molecule has 0 N–H and O–H groups in total. The summed E-state index contributed by atoms with van der Waals surface area (Å²) < 4.78 is 39.6. The lowest BCUT2D eigenvalue weighted by Gasteiger charge is -2.35. The molecule has 2 rings (SSSR count). The van der Waals surface area contributed by atoms with Gasteiger partial charge in [0.05, 0.1) is 0 Å². The van der Waals surface area contributed by atoms with Crippen molar-refractivity contribution in [2.75, 3.05) is 40.3 Å². The quantitative estimate of drug-likeness (QED) is 0.811. The van der Waals surface area contributed by atoms with Crippen LogP contribution in [0.25, 0.3) is 0 Å². The van der Waals surface area contributed by atoms with E-state index in [9.17, 15) is 17.6 Å². The van der Waals surface area contributed by atoms with Gasteiger partial charge in [-0.05, 0) is 18.2 Å². The molecule has 0 aliphatic carbocycles. The zero-order chi connectivity index (χ0) is 15.6. The highest BCUT2D eigenvalue weighted by molar-refractivity contribution is 7.86. The number of carbonyl (C=O) groups is 1. The second-order valence-corrected chi connectivity index (χ2v) is 7.13. The molecule has 1 aromatic carbocycles. The van der Waals surface area contributed by atoms with Crippen LogP contribution in [0.1, 0.15) is 10.4 Å². The molecule has 1 saturated heterocycles. The molecule has 0 saturated carbocycles. The number of amides is 1. The van der Waals surface area contributed by atoms with Gasteiger partial charge in [0.15, 0.2) is 0 Å². The fraction of sp³-hybridized carbons (Fsp3) is 0.462. The van der Waals surface area contributed by atoms with Gasteiger partial charge in [-0.3, -0.25) is 4.79 Å². The second-order valence-electron chi connectivity index (χ2n) is 4.99. The molecule has 0 bridgehead atoms. The average Bonchev–Trinajstić information content (AvgIpc) is 2.46. The Labute approximate surface area is 123 Å². The SMILES string of the molecule is CN(C)S(=O)(=O)N1CCN(C(=O)c2cccc(F)c2)CC1. The molecular weight excluding hydrogens is 297 g/mol. The molecule has 1 aromatic rings. The highest BCUT2D eigenvalue weighted by atomic mass is 32.2. The van der Waals surface area contributed by atoms with E-state index in [1.807, 2.05) is 0 Å². The average molecular weight is 315 g/mol. The summed E-state index contributed by atoms with van der Waals surface area (Å²) in [6.07, 6.45) is 0. The van der Waals surface area contributed by atoms with Gasteiger partial charge in [0.2, 0.25) is 0 Å². The van der Waals surface area contributed by atoms with Crippen molar-refractivity contribution >= 4 is 16.1 Å². The Morgan fingerprint density at radius 1 is 1.19 bits per heavy atom. The van der Waals surface area contributed by atoms with E-state index < -0.39 is 16.0 Å². The van der Waals surface area contributed by atoms with Gasteiger partial charge < -0.3 is 4.90 Å². The van der Waals surface area contributed by atoms with Crippen molar-refractivity contribution < 1.29 is 17.6 Å². The number of piperazine rings is 1. The summed E-state index contributed by atoms with van der Waals surface area (Å²) in [5.41, 5.74) is 0.277. The van der Waals surface area contributed by atoms with Crippen LogP contribution in [0.2, 0.25) is 0 Å². The van der Waals surface area contributed by atoms with Gasteiger partial charge in [0.25, 0.3) is 16.1 Å². The summed E-state index contributed by atoms with van der Waals surface area (Å²) in [5, 5.41) is 0. The molecule has 21 heavy (non-hydrogen) atoms. The normalized spacial score (nSPS) is 17.2. The first-order chi connectivity index (χ1) is 9.82. The van der Waals surface area contributed by atoms with E-state index in [0.29, 0.717) is 13.1 Å². The molecule has 0 radical (unpaired) electrons. The lowest BCUT2D eigenvalue weighted by molar-refractivity contribution is 0.0694. The first-order valence-corrected chi connectivity index (χ1v) is 7.94. The Kier molecular flexibility index (Phi) is 4.60. The van der Waals surface area contributed by atoms with E-state index in [0.717, 1.165) is 4.31 Å². The number of halogens is 1. The Morgan fingerprint density at radius 2 is 1.81 bits per heavy atom. The van der Waals surface area contributed by atoms with Crippen LogP contribution in [-0.2, 0) is 10.2 Å². The van der Waals surface area contributed by atoms with Gasteiger partial charge in [-0.15, -0.1) is 0 Å². The first kappa shape index (κ1) is 15.9. The van der Waals surface area contributed by atoms with Crippen LogP contribution >= 0.6 is 0 Å². The van der Waals surface area contributed by atoms with E-state index >= 15 is 0 Å². The largest absolute Gasteiger partial charge is 0.336 e. The molecule has 0 spiro atoms. The number of hydrogen-bond donors (Lipinski definition) is 0. The second kappa shape index (κ2) is 6.08. The van der Waals surface area contributed by atoms with E-state index in [1.165, 1.54) is 41.5 Å². The minimum absolute atomic E-state index is 0.238. The van der Waals surface area contributed by atoms with Crippen LogP contribution in [-0.4, -0.2) is 68.1 Å². The molecule has 6 nitrogen and oxygen atoms in total. The van der Waals surface area contributed by atoms with Gasteiger partial charge in [-0.2, -0.15) is 17.0 Å². The highest BCUT2D eigenvalue weighted by Gasteiger charge is 2.30. The maximum atomic E-state index is 13.1. The predicted octanol–water partition coefficient (Wildman–Crippen LogP) is 0.390. The van der Waals surface area contributed by atoms with Gasteiger partial charge >= 0.3 is 0 Å². The fourth-order valence-corrected chi connectivity index (χ4v) is 3.24. The lowest BCUT2D eigenvalue weighted by Crippen LogP contribution is -2.53. The first-order valence-electron chi connectivity index (χ1n) is 6.55. The summed E-state index contributed by atoms with van der Waals surface area (Å²) in [5.74, 6) is -0.744. The Balaban J connectivity index is 2.03. The molecule has 1 amide bonds.